The van der Waals surface area contributed by atoms with Gasteiger partial charge in [0.15, 0.2) is 5.79 Å². The molecule has 5 nitrogen and oxygen atoms in total. The van der Waals surface area contributed by atoms with E-state index in [4.69, 9.17) is 14.2 Å². The quantitative estimate of drug-likeness (QED) is 0.767. The summed E-state index contributed by atoms with van der Waals surface area (Å²) in [6, 6.07) is 0. The Balaban J connectivity index is 1.31. The largest absolute Gasteiger partial charge is 0.372 e. The summed E-state index contributed by atoms with van der Waals surface area (Å²) in [6.07, 6.45) is 6.58. The third kappa shape index (κ3) is 3.83. The van der Waals surface area contributed by atoms with Crippen LogP contribution in [0.15, 0.2) is 0 Å². The average Bonchev–Trinajstić information content (AvgIpc) is 3.09. The minimum absolute atomic E-state index is 0.135. The topological polar surface area (TPSA) is 34.2 Å². The van der Waals surface area contributed by atoms with Crippen LogP contribution < -0.4 is 0 Å². The summed E-state index contributed by atoms with van der Waals surface area (Å²) in [5.74, 6) is -0.327. The lowest BCUT2D eigenvalue weighted by molar-refractivity contribution is -0.202. The van der Waals surface area contributed by atoms with Crippen LogP contribution in [0.4, 0.5) is 0 Å². The summed E-state index contributed by atoms with van der Waals surface area (Å²) in [4.78, 5) is 5.18. The number of fused-ring (bicyclic) bond motifs is 2. The minimum Gasteiger partial charge on any atom is -0.372 e. The number of morpholine rings is 1. The van der Waals surface area contributed by atoms with Crippen LogP contribution in [0.3, 0.4) is 0 Å². The second-order valence-corrected chi connectivity index (χ2v) is 10.5. The third-order valence-electron chi connectivity index (χ3n) is 7.01. The van der Waals surface area contributed by atoms with Gasteiger partial charge in [0.05, 0.1) is 24.9 Å². The van der Waals surface area contributed by atoms with E-state index in [2.05, 4.69) is 44.4 Å². The average molecular weight is 367 g/mol. The van der Waals surface area contributed by atoms with Gasteiger partial charge in [-0.2, -0.15) is 0 Å². The fourth-order valence-electron chi connectivity index (χ4n) is 5.29. The minimum atomic E-state index is -0.327. The molecule has 0 N–H and O–H groups in total. The summed E-state index contributed by atoms with van der Waals surface area (Å²) in [6.45, 7) is 16.6. The standard InChI is InChI=1S/C21H38N2O3/c1-19(2,3)22-10-8-21(9-11-22)24-15-18(26-21)12-20(4,5)23-13-16-6-7-17(14-23)25-16/h16-18H,6-15H2,1-5H3. The van der Waals surface area contributed by atoms with Crippen LogP contribution in [0.5, 0.6) is 0 Å². The van der Waals surface area contributed by atoms with Crippen LogP contribution >= 0.6 is 0 Å². The summed E-state index contributed by atoms with van der Waals surface area (Å²) < 4.78 is 18.8. The summed E-state index contributed by atoms with van der Waals surface area (Å²) in [5, 5.41) is 0. The molecular weight excluding hydrogens is 328 g/mol. The molecule has 4 aliphatic rings. The Morgan fingerprint density at radius 3 is 2.12 bits per heavy atom. The van der Waals surface area contributed by atoms with Gasteiger partial charge in [0.25, 0.3) is 0 Å². The molecule has 3 atom stereocenters. The van der Waals surface area contributed by atoms with Gasteiger partial charge in [0.2, 0.25) is 0 Å². The number of nitrogens with zero attached hydrogens (tertiary/aromatic N) is 2. The van der Waals surface area contributed by atoms with Gasteiger partial charge in [-0.1, -0.05) is 0 Å². The van der Waals surface area contributed by atoms with E-state index in [1.807, 2.05) is 0 Å². The number of likely N-dealkylation sites (tertiary alicyclic amines) is 2. The van der Waals surface area contributed by atoms with Crippen molar-refractivity contribution in [3.63, 3.8) is 0 Å². The summed E-state index contributed by atoms with van der Waals surface area (Å²) in [5.41, 5.74) is 0.369. The molecule has 4 saturated heterocycles. The molecule has 0 aliphatic carbocycles. The van der Waals surface area contributed by atoms with Crippen LogP contribution in [0.25, 0.3) is 0 Å². The van der Waals surface area contributed by atoms with Crippen LogP contribution in [0.2, 0.25) is 0 Å². The van der Waals surface area contributed by atoms with Crippen molar-refractivity contribution in [2.45, 2.75) is 102 Å². The van der Waals surface area contributed by atoms with Gasteiger partial charge in [0, 0.05) is 50.1 Å². The number of hydrogen-bond acceptors (Lipinski definition) is 5. The van der Waals surface area contributed by atoms with Gasteiger partial charge >= 0.3 is 0 Å². The van der Waals surface area contributed by atoms with E-state index in [9.17, 15) is 0 Å². The Morgan fingerprint density at radius 1 is 0.923 bits per heavy atom. The van der Waals surface area contributed by atoms with E-state index in [0.717, 1.165) is 52.0 Å². The molecule has 0 amide bonds. The highest BCUT2D eigenvalue weighted by atomic mass is 16.7. The van der Waals surface area contributed by atoms with Gasteiger partial charge in [-0.05, 0) is 53.9 Å². The zero-order chi connectivity index (χ0) is 18.6. The van der Waals surface area contributed by atoms with Crippen LogP contribution in [-0.2, 0) is 14.2 Å². The molecule has 5 heteroatoms. The lowest BCUT2D eigenvalue weighted by atomic mass is 9.93. The monoisotopic (exact) mass is 366 g/mol. The first-order valence-corrected chi connectivity index (χ1v) is 10.6. The molecule has 0 aromatic carbocycles. The second-order valence-electron chi connectivity index (χ2n) is 10.5. The van der Waals surface area contributed by atoms with Crippen molar-refractivity contribution in [2.24, 2.45) is 0 Å². The molecule has 4 fully saturated rings. The lowest BCUT2D eigenvalue weighted by Gasteiger charge is -2.45. The molecule has 150 valence electrons. The maximum Gasteiger partial charge on any atom is 0.171 e. The lowest BCUT2D eigenvalue weighted by Crippen LogP contribution is -2.54. The molecule has 26 heavy (non-hydrogen) atoms. The van der Waals surface area contributed by atoms with Crippen molar-refractivity contribution in [1.29, 1.82) is 0 Å². The van der Waals surface area contributed by atoms with Crippen molar-refractivity contribution < 1.29 is 14.2 Å². The van der Waals surface area contributed by atoms with Gasteiger partial charge in [-0.3, -0.25) is 9.80 Å². The molecule has 4 heterocycles. The maximum absolute atomic E-state index is 6.54. The third-order valence-corrected chi connectivity index (χ3v) is 7.01. The van der Waals surface area contributed by atoms with Crippen molar-refractivity contribution >= 4 is 0 Å². The number of hydrogen-bond donors (Lipinski definition) is 0. The van der Waals surface area contributed by atoms with Crippen LogP contribution in [0.1, 0.15) is 66.7 Å². The zero-order valence-electron chi connectivity index (χ0n) is 17.4. The number of rotatable bonds is 3. The smallest absolute Gasteiger partial charge is 0.171 e. The van der Waals surface area contributed by atoms with Gasteiger partial charge in [0.1, 0.15) is 0 Å². The summed E-state index contributed by atoms with van der Waals surface area (Å²) >= 11 is 0. The van der Waals surface area contributed by atoms with Crippen LogP contribution in [0, 0.1) is 0 Å². The molecule has 0 aromatic rings. The fraction of sp³-hybridized carbons (Fsp3) is 1.00. The Bertz CT molecular complexity index is 496. The fourth-order valence-corrected chi connectivity index (χ4v) is 5.29. The summed E-state index contributed by atoms with van der Waals surface area (Å²) in [7, 11) is 0. The molecule has 0 aromatic heterocycles. The van der Waals surface area contributed by atoms with E-state index in [1.165, 1.54) is 12.8 Å². The maximum atomic E-state index is 6.54. The molecule has 2 bridgehead atoms. The predicted molar refractivity (Wildman–Crippen MR) is 102 cm³/mol. The van der Waals surface area contributed by atoms with E-state index in [1.54, 1.807) is 0 Å². The SMILES string of the molecule is CC(C)(C)N1CCC2(CC1)OCC(CC(C)(C)N1CC3CCC(C1)O3)O2. The van der Waals surface area contributed by atoms with Gasteiger partial charge in [-0.25, -0.2) is 0 Å². The molecule has 0 saturated carbocycles. The molecule has 4 aliphatic heterocycles. The highest BCUT2D eigenvalue weighted by Gasteiger charge is 2.47. The second kappa shape index (κ2) is 6.70. The normalized spacial score (nSPS) is 36.1. The first kappa shape index (κ1) is 19.1. The van der Waals surface area contributed by atoms with Crippen molar-refractivity contribution in [3.8, 4) is 0 Å². The van der Waals surface area contributed by atoms with Crippen molar-refractivity contribution in [3.05, 3.63) is 0 Å². The number of ether oxygens (including phenoxy) is 3. The first-order valence-electron chi connectivity index (χ1n) is 10.6. The Hall–Kier alpha value is -0.200. The highest BCUT2D eigenvalue weighted by Crippen LogP contribution is 2.39. The van der Waals surface area contributed by atoms with Crippen molar-refractivity contribution in [2.75, 3.05) is 32.8 Å². The van der Waals surface area contributed by atoms with E-state index >= 15 is 0 Å². The molecular formula is C21H38N2O3. The van der Waals surface area contributed by atoms with Gasteiger partial charge in [-0.15, -0.1) is 0 Å². The highest BCUT2D eigenvalue weighted by molar-refractivity contribution is 4.96. The molecule has 3 unspecified atom stereocenters. The van der Waals surface area contributed by atoms with E-state index in [-0.39, 0.29) is 23.0 Å². The Morgan fingerprint density at radius 2 is 1.54 bits per heavy atom. The zero-order valence-corrected chi connectivity index (χ0v) is 17.4. The van der Waals surface area contributed by atoms with Crippen molar-refractivity contribution in [1.82, 2.24) is 9.80 Å². The molecule has 0 radical (unpaired) electrons. The predicted octanol–water partition coefficient (Wildman–Crippen LogP) is 3.02. The Labute approximate surface area is 159 Å². The van der Waals surface area contributed by atoms with Crippen LogP contribution in [-0.4, -0.2) is 77.8 Å². The molecule has 1 spiro atoms. The molecule has 4 rings (SSSR count). The van der Waals surface area contributed by atoms with Gasteiger partial charge < -0.3 is 14.2 Å². The van der Waals surface area contributed by atoms with E-state index in [0.29, 0.717) is 12.2 Å². The Kier molecular flexibility index (Phi) is 4.93. The number of piperidine rings is 1. The van der Waals surface area contributed by atoms with E-state index < -0.39 is 0 Å². The first-order chi connectivity index (χ1) is 12.2.